The van der Waals surface area contributed by atoms with Crippen molar-refractivity contribution in [3.8, 4) is 11.5 Å². The summed E-state index contributed by atoms with van der Waals surface area (Å²) in [7, 11) is 1.64. The van der Waals surface area contributed by atoms with E-state index in [0.29, 0.717) is 30.5 Å². The summed E-state index contributed by atoms with van der Waals surface area (Å²) < 4.78 is 15.6. The fraction of sp³-hybridized carbons (Fsp3) is 0.200. The Kier molecular flexibility index (Phi) is 12.1. The Morgan fingerprint density at radius 1 is 0.745 bits per heavy atom. The fourth-order valence-corrected chi connectivity index (χ4v) is 6.13. The first kappa shape index (κ1) is 36.2. The summed E-state index contributed by atoms with van der Waals surface area (Å²) in [6.07, 6.45) is 0.670. The van der Waals surface area contributed by atoms with Crippen LogP contribution in [0.25, 0.3) is 0 Å². The lowest BCUT2D eigenvalue weighted by Gasteiger charge is -2.41. The minimum atomic E-state index is -0.958. The van der Waals surface area contributed by atoms with Gasteiger partial charge in [-0.3, -0.25) is 14.9 Å². The number of ether oxygens (including phenoxy) is 3. The van der Waals surface area contributed by atoms with Crippen LogP contribution < -0.4 is 26.3 Å². The lowest BCUT2D eigenvalue weighted by Crippen LogP contribution is -2.47. The van der Waals surface area contributed by atoms with Gasteiger partial charge in [0.2, 0.25) is 5.91 Å². The predicted molar refractivity (Wildman–Crippen MR) is 195 cm³/mol. The summed E-state index contributed by atoms with van der Waals surface area (Å²) in [5.74, 6) is 0.543. The van der Waals surface area contributed by atoms with E-state index in [4.69, 9.17) is 25.7 Å². The maximum Gasteiger partial charge on any atom is 0.514 e. The van der Waals surface area contributed by atoms with Crippen molar-refractivity contribution in [2.45, 2.75) is 43.4 Å². The van der Waals surface area contributed by atoms with Gasteiger partial charge in [-0.05, 0) is 77.9 Å². The van der Waals surface area contributed by atoms with Crippen molar-refractivity contribution in [1.82, 2.24) is 0 Å². The van der Waals surface area contributed by atoms with Gasteiger partial charge in [-0.2, -0.15) is 0 Å². The van der Waals surface area contributed by atoms with Crippen molar-refractivity contribution in [3.05, 3.63) is 166 Å². The summed E-state index contributed by atoms with van der Waals surface area (Å²) in [5.41, 5.74) is 17.1. The first-order chi connectivity index (χ1) is 24.7. The molecule has 0 aliphatic carbocycles. The van der Waals surface area contributed by atoms with E-state index in [0.717, 1.165) is 22.4 Å². The summed E-state index contributed by atoms with van der Waals surface area (Å²) >= 11 is 0. The molecule has 11 nitrogen and oxygen atoms in total. The van der Waals surface area contributed by atoms with E-state index < -0.39 is 22.5 Å². The lowest BCUT2D eigenvalue weighted by molar-refractivity contribution is -0.384. The first-order valence-electron chi connectivity index (χ1n) is 16.5. The molecule has 51 heavy (non-hydrogen) atoms. The van der Waals surface area contributed by atoms with E-state index in [2.05, 4.69) is 41.7 Å². The largest absolute Gasteiger partial charge is 0.514 e. The molecule has 5 N–H and O–H groups in total. The molecule has 5 rings (SSSR count). The molecular formula is C40H40N4O7. The molecule has 0 aromatic heterocycles. The van der Waals surface area contributed by atoms with Crippen molar-refractivity contribution in [2.75, 3.05) is 12.4 Å². The minimum absolute atomic E-state index is 0.0796. The van der Waals surface area contributed by atoms with Crippen molar-refractivity contribution in [3.63, 3.8) is 0 Å². The van der Waals surface area contributed by atoms with Crippen molar-refractivity contribution in [1.29, 1.82) is 0 Å². The van der Waals surface area contributed by atoms with Gasteiger partial charge >= 0.3 is 6.16 Å². The van der Waals surface area contributed by atoms with Gasteiger partial charge < -0.3 is 31.0 Å². The van der Waals surface area contributed by atoms with Crippen molar-refractivity contribution >= 4 is 23.4 Å². The molecule has 5 aromatic rings. The molecule has 5 aromatic carbocycles. The monoisotopic (exact) mass is 688 g/mol. The highest BCUT2D eigenvalue weighted by atomic mass is 16.7. The van der Waals surface area contributed by atoms with Crippen molar-refractivity contribution in [2.24, 2.45) is 11.5 Å². The number of nitrogens with zero attached hydrogens (tertiary/aromatic N) is 1. The Balaban J connectivity index is 1.17. The maximum absolute atomic E-state index is 13.0. The molecule has 0 aliphatic heterocycles. The Morgan fingerprint density at radius 2 is 1.29 bits per heavy atom. The van der Waals surface area contributed by atoms with Gasteiger partial charge in [-0.25, -0.2) is 4.79 Å². The zero-order chi connectivity index (χ0) is 36.2. The summed E-state index contributed by atoms with van der Waals surface area (Å²) in [4.78, 5) is 35.3. The topological polar surface area (TPSA) is 169 Å². The third-order valence-corrected chi connectivity index (χ3v) is 8.75. The Labute approximate surface area is 296 Å². The first-order valence-corrected chi connectivity index (χ1v) is 16.5. The molecule has 0 saturated heterocycles. The van der Waals surface area contributed by atoms with Crippen LogP contribution in [-0.4, -0.2) is 36.2 Å². The van der Waals surface area contributed by atoms with Crippen LogP contribution in [0.4, 0.5) is 16.2 Å². The number of carbonyl (C=O) groups excluding carboxylic acids is 2. The Bertz CT molecular complexity index is 1850. The number of anilines is 1. The highest BCUT2D eigenvalue weighted by molar-refractivity contribution is 5.94. The Morgan fingerprint density at radius 3 is 1.84 bits per heavy atom. The molecule has 1 unspecified atom stereocenters. The van der Waals surface area contributed by atoms with Crippen LogP contribution in [0, 0.1) is 10.1 Å². The maximum atomic E-state index is 13.0. The van der Waals surface area contributed by atoms with Crippen LogP contribution in [0.2, 0.25) is 0 Å². The smallest absolute Gasteiger partial charge is 0.497 e. The van der Waals surface area contributed by atoms with Gasteiger partial charge in [-0.1, -0.05) is 84.9 Å². The zero-order valence-electron chi connectivity index (χ0n) is 28.1. The summed E-state index contributed by atoms with van der Waals surface area (Å²) in [6.45, 7) is -0.0796. The van der Waals surface area contributed by atoms with Gasteiger partial charge in [0.15, 0.2) is 0 Å². The number of hydrogen-bond acceptors (Lipinski definition) is 9. The number of nitro benzene ring substituents is 1. The number of methoxy groups -OCH3 is 1. The number of hydrogen-bond donors (Lipinski definition) is 3. The van der Waals surface area contributed by atoms with Gasteiger partial charge in [0.1, 0.15) is 18.1 Å². The normalized spacial score (nSPS) is 12.3. The van der Waals surface area contributed by atoms with Crippen molar-refractivity contribution < 1.29 is 28.7 Å². The Hall–Kier alpha value is -6.04. The van der Waals surface area contributed by atoms with E-state index in [-0.39, 0.29) is 30.0 Å². The fourth-order valence-electron chi connectivity index (χ4n) is 6.13. The number of nitrogens with two attached hydrogens (primary N) is 2. The number of amides is 1. The van der Waals surface area contributed by atoms with E-state index in [1.165, 1.54) is 24.3 Å². The molecule has 262 valence electrons. The molecule has 2 atom stereocenters. The number of non-ortho nitro benzene ring substituents is 1. The molecule has 0 spiro atoms. The van der Waals surface area contributed by atoms with Crippen LogP contribution in [0.15, 0.2) is 133 Å². The van der Waals surface area contributed by atoms with Crippen LogP contribution in [0.1, 0.15) is 41.5 Å². The number of rotatable bonds is 15. The highest BCUT2D eigenvalue weighted by Crippen LogP contribution is 2.43. The van der Waals surface area contributed by atoms with E-state index in [1.807, 2.05) is 48.5 Å². The summed E-state index contributed by atoms with van der Waals surface area (Å²) in [5, 5.41) is 13.6. The number of nitro groups is 1. The molecule has 0 aliphatic rings. The molecule has 0 heterocycles. The third-order valence-electron chi connectivity index (χ3n) is 8.75. The second kappa shape index (κ2) is 17.1. The highest BCUT2D eigenvalue weighted by Gasteiger charge is 2.41. The lowest BCUT2D eigenvalue weighted by atomic mass is 9.64. The molecule has 11 heteroatoms. The standard InChI is InChI=1S/C40H40N4O7/c1-49-34-23-17-31(18-24-34)40(29-9-4-2-5-10-29,30-11-6-3-7-12-30)37(42)14-8-13-36(41)38(45)43-32-19-15-28(16-20-32)27-50-39(46)51-35-25-21-33(22-26-35)44(47)48/h2-7,9-12,15-26,36-37H,8,13-14,27,41-42H2,1H3,(H,43,45)/t36-,37?/m0/s1. The third kappa shape index (κ3) is 8.96. The minimum Gasteiger partial charge on any atom is -0.497 e. The summed E-state index contributed by atoms with van der Waals surface area (Å²) in [6, 6.07) is 39.1. The quantitative estimate of drug-likeness (QED) is 0.0341. The molecular weight excluding hydrogens is 648 g/mol. The SMILES string of the molecule is COc1ccc(C(c2ccccc2)(c2ccccc2)C(N)CCC[C@H](N)C(=O)Nc2ccc(COC(=O)Oc3ccc([N+](=O)[O-])cc3)cc2)cc1. The van der Waals surface area contributed by atoms with Gasteiger partial charge in [0.25, 0.3) is 5.69 Å². The molecule has 0 fully saturated rings. The number of carbonyl (C=O) groups is 2. The van der Waals surface area contributed by atoms with E-state index in [1.54, 1.807) is 31.4 Å². The predicted octanol–water partition coefficient (Wildman–Crippen LogP) is 7.12. The molecule has 0 radical (unpaired) electrons. The number of nitrogens with one attached hydrogen (secondary N) is 1. The van der Waals surface area contributed by atoms with Crippen LogP contribution in [-0.2, 0) is 21.6 Å². The second-order valence-corrected chi connectivity index (χ2v) is 12.0. The van der Waals surface area contributed by atoms with E-state index in [9.17, 15) is 19.7 Å². The average Bonchev–Trinajstić information content (AvgIpc) is 3.16. The molecule has 0 bridgehead atoms. The zero-order valence-corrected chi connectivity index (χ0v) is 28.1. The van der Waals surface area contributed by atoms with E-state index >= 15 is 0 Å². The van der Waals surface area contributed by atoms with Crippen LogP contribution in [0.5, 0.6) is 11.5 Å². The van der Waals surface area contributed by atoms with Gasteiger partial charge in [-0.15, -0.1) is 0 Å². The van der Waals surface area contributed by atoms with Gasteiger partial charge in [0, 0.05) is 23.9 Å². The average molecular weight is 689 g/mol. The molecule has 1 amide bonds. The van der Waals surface area contributed by atoms with Gasteiger partial charge in [0.05, 0.1) is 23.5 Å². The second-order valence-electron chi connectivity index (χ2n) is 12.0. The van der Waals surface area contributed by atoms with Crippen LogP contribution in [0.3, 0.4) is 0 Å². The number of benzene rings is 5. The molecule has 0 saturated carbocycles. The van der Waals surface area contributed by atoms with Crippen LogP contribution >= 0.6 is 0 Å².